The van der Waals surface area contributed by atoms with Crippen molar-refractivity contribution in [2.75, 3.05) is 0 Å². The average molecular weight is 1040 g/mol. The second-order valence-electron chi connectivity index (χ2n) is 19.0. The minimum Gasteiger partial charge on any atom is -0.486 e. The van der Waals surface area contributed by atoms with Gasteiger partial charge in [0.2, 0.25) is 5.71 Å². The van der Waals surface area contributed by atoms with E-state index in [0.717, 1.165) is 73.5 Å². The Morgan fingerprint density at radius 3 is 2.03 bits per heavy atom. The molecule has 64 heavy (non-hydrogen) atoms. The van der Waals surface area contributed by atoms with Crippen LogP contribution in [0.25, 0.3) is 72.6 Å². The van der Waals surface area contributed by atoms with Crippen molar-refractivity contribution >= 4 is 46.4 Å². The Kier molecular flexibility index (Phi) is 13.7. The number of nitrogens with zero attached hydrogens (tertiary/aromatic N) is 5. The molecule has 4 aromatic carbocycles. The Morgan fingerprint density at radius 2 is 1.38 bits per heavy atom. The van der Waals surface area contributed by atoms with Crippen LogP contribution in [0.1, 0.15) is 87.2 Å². The van der Waals surface area contributed by atoms with Crippen LogP contribution in [0.3, 0.4) is 0 Å². The van der Waals surface area contributed by atoms with E-state index in [2.05, 4.69) is 173 Å². The van der Waals surface area contributed by atoms with Gasteiger partial charge >= 0.3 is 0 Å². The molecule has 0 aliphatic heterocycles. The van der Waals surface area contributed by atoms with Crippen molar-refractivity contribution in [2.24, 2.45) is 5.92 Å². The molecule has 5 aromatic heterocycles. The predicted octanol–water partition coefficient (Wildman–Crippen LogP) is 14.3. The van der Waals surface area contributed by atoms with E-state index in [4.69, 9.17) is 14.4 Å². The van der Waals surface area contributed by atoms with Crippen molar-refractivity contribution in [1.82, 2.24) is 24.5 Å². The number of fused-ring (bicyclic) bond motifs is 4. The summed E-state index contributed by atoms with van der Waals surface area (Å²) in [6.45, 7) is 26.8. The summed E-state index contributed by atoms with van der Waals surface area (Å²) in [5, 5.41) is 3.50. The van der Waals surface area contributed by atoms with E-state index in [1.54, 1.807) is 0 Å². The molecule has 0 spiro atoms. The molecule has 0 unspecified atom stereocenters. The van der Waals surface area contributed by atoms with Crippen molar-refractivity contribution in [1.29, 1.82) is 0 Å². The quantitative estimate of drug-likeness (QED) is 0.106. The van der Waals surface area contributed by atoms with E-state index in [1.807, 2.05) is 45.0 Å². The second-order valence-corrected chi connectivity index (χ2v) is 24.1. The first kappa shape index (κ1) is 46.5. The molecule has 0 aliphatic rings. The summed E-state index contributed by atoms with van der Waals surface area (Å²) < 4.78 is 8.78. The van der Waals surface area contributed by atoms with Gasteiger partial charge in [-0.2, -0.15) is 0 Å². The molecule has 8 heteroatoms. The molecule has 6 nitrogen and oxygen atoms in total. The molecule has 0 saturated heterocycles. The van der Waals surface area contributed by atoms with Crippen LogP contribution in [-0.2, 0) is 26.5 Å². The fourth-order valence-corrected chi connectivity index (χ4v) is 10.3. The van der Waals surface area contributed by atoms with Gasteiger partial charge in [-0.15, -0.1) is 35.9 Å². The van der Waals surface area contributed by atoms with Gasteiger partial charge in [0.05, 0.1) is 30.5 Å². The van der Waals surface area contributed by atoms with Crippen molar-refractivity contribution in [3.05, 3.63) is 155 Å². The van der Waals surface area contributed by atoms with E-state index in [0.29, 0.717) is 23.5 Å². The summed E-state index contributed by atoms with van der Waals surface area (Å²) >= 11 is 0. The number of aryl methyl sites for hydroxylation is 3. The molecule has 0 fully saturated rings. The first-order valence-corrected chi connectivity index (χ1v) is 25.9. The average Bonchev–Trinajstić information content (AvgIpc) is 3.81. The van der Waals surface area contributed by atoms with Gasteiger partial charge in [-0.1, -0.05) is 140 Å². The van der Waals surface area contributed by atoms with E-state index in [9.17, 15) is 0 Å². The number of para-hydroxylation sites is 2. The van der Waals surface area contributed by atoms with E-state index >= 15 is 0 Å². The number of aromatic nitrogens is 5. The minimum atomic E-state index is -1.38. The summed E-state index contributed by atoms with van der Waals surface area (Å²) in [5.41, 5.74) is 16.9. The molecule has 329 valence electrons. The van der Waals surface area contributed by atoms with Gasteiger partial charge in [-0.25, -0.2) is 4.98 Å². The first-order valence-electron chi connectivity index (χ1n) is 22.4. The van der Waals surface area contributed by atoms with E-state index in [-0.39, 0.29) is 20.1 Å². The Labute approximate surface area is 394 Å². The Bertz CT molecular complexity index is 3070. The van der Waals surface area contributed by atoms with Crippen LogP contribution < -0.4 is 5.19 Å². The van der Waals surface area contributed by atoms with Crippen molar-refractivity contribution in [2.45, 2.75) is 100 Å². The van der Waals surface area contributed by atoms with Crippen LogP contribution in [0.15, 0.2) is 114 Å². The molecule has 0 aliphatic carbocycles. The number of benzene rings is 4. The molecule has 0 atom stereocenters. The SMILES string of the molecule is Cc1c[c-]c(-c2cc(CC(C)C)c([Si](C)(C)C)cn2)c(C)n1.Cc1ccc2c(n1)oc1c(-c3nc4ccccc4n3-c3c(C(C)C)cc(-c4ccccc4)cc3C(C)C)[c-]ccc12.[Ir]. The Balaban J connectivity index is 0.000000227. The van der Waals surface area contributed by atoms with Crippen LogP contribution in [-0.4, -0.2) is 32.6 Å². The summed E-state index contributed by atoms with van der Waals surface area (Å²) in [4.78, 5) is 19.2. The largest absolute Gasteiger partial charge is 0.486 e. The Morgan fingerprint density at radius 1 is 0.688 bits per heavy atom. The predicted molar refractivity (Wildman–Crippen MR) is 266 cm³/mol. The zero-order chi connectivity index (χ0) is 44.7. The van der Waals surface area contributed by atoms with Gasteiger partial charge in [0.25, 0.3) is 0 Å². The second kappa shape index (κ2) is 18.9. The fraction of sp³-hybridized carbons (Fsp3) is 0.286. The smallest absolute Gasteiger partial charge is 0.216 e. The molecular weight excluding hydrogens is 979 g/mol. The third-order valence-corrected chi connectivity index (χ3v) is 13.8. The number of imidazole rings is 1. The van der Waals surface area contributed by atoms with Gasteiger partial charge in [0.1, 0.15) is 0 Å². The monoisotopic (exact) mass is 1040 g/mol. The number of hydrogen-bond acceptors (Lipinski definition) is 5. The standard InChI is InChI=1S/C37H32N3O.C19H27N2Si.Ir/c1-22(2)30-20-26(25-12-7-6-8-13-25)21-31(23(3)4)34(30)40-33-17-10-9-16-32(33)39-36(40)29-15-11-14-27-28-19-18-24(5)38-37(28)41-35(27)29;1-13(2)10-16-11-18(20-12-19(16)22(5,6)7)17-9-8-14(3)21-15(17)4;/h6-14,16-23H,1-5H3;8,11-13H,10H2,1-7H3;/q2*-1;. The summed E-state index contributed by atoms with van der Waals surface area (Å²) in [6.07, 6.45) is 3.21. The third kappa shape index (κ3) is 9.33. The van der Waals surface area contributed by atoms with Gasteiger partial charge < -0.3 is 19.0 Å². The molecule has 9 rings (SSSR count). The van der Waals surface area contributed by atoms with Crippen molar-refractivity contribution in [3.8, 4) is 39.5 Å². The third-order valence-electron chi connectivity index (χ3n) is 11.8. The topological polar surface area (TPSA) is 69.6 Å². The minimum absolute atomic E-state index is 0. The molecule has 1 radical (unpaired) electrons. The van der Waals surface area contributed by atoms with E-state index in [1.165, 1.54) is 38.7 Å². The maximum Gasteiger partial charge on any atom is 0.216 e. The number of pyridine rings is 3. The fourth-order valence-electron chi connectivity index (χ4n) is 8.73. The molecule has 0 bridgehead atoms. The molecular formula is C56H59IrN5OSi-2. The maximum atomic E-state index is 6.44. The Hall–Kier alpha value is -5.53. The van der Waals surface area contributed by atoms with Gasteiger partial charge in [0, 0.05) is 43.1 Å². The molecule has 0 N–H and O–H groups in total. The molecule has 5 heterocycles. The van der Waals surface area contributed by atoms with Crippen LogP contribution >= 0.6 is 0 Å². The van der Waals surface area contributed by atoms with Gasteiger partial charge in [-0.3, -0.25) is 4.98 Å². The van der Waals surface area contributed by atoms with Crippen molar-refractivity contribution < 1.29 is 24.5 Å². The number of hydrogen-bond donors (Lipinski definition) is 0. The summed E-state index contributed by atoms with van der Waals surface area (Å²) in [5.74, 6) is 2.05. The molecule has 9 aromatic rings. The van der Waals surface area contributed by atoms with Crippen LogP contribution in [0.2, 0.25) is 19.6 Å². The summed E-state index contributed by atoms with van der Waals surface area (Å²) in [7, 11) is -1.38. The zero-order valence-electron chi connectivity index (χ0n) is 39.3. The van der Waals surface area contributed by atoms with Crippen LogP contribution in [0.4, 0.5) is 0 Å². The van der Waals surface area contributed by atoms with Crippen molar-refractivity contribution in [3.63, 3.8) is 0 Å². The first-order chi connectivity index (χ1) is 30.1. The number of furan rings is 1. The van der Waals surface area contributed by atoms with Gasteiger partial charge in [0.15, 0.2) is 0 Å². The van der Waals surface area contributed by atoms with E-state index < -0.39 is 8.07 Å². The van der Waals surface area contributed by atoms with Crippen LogP contribution in [0.5, 0.6) is 0 Å². The zero-order valence-corrected chi connectivity index (χ0v) is 42.7. The molecule has 0 amide bonds. The normalized spacial score (nSPS) is 11.8. The maximum absolute atomic E-state index is 6.44. The molecule has 0 saturated carbocycles. The summed E-state index contributed by atoms with van der Waals surface area (Å²) in [6, 6.07) is 43.0. The van der Waals surface area contributed by atoms with Gasteiger partial charge in [-0.05, 0) is 112 Å². The van der Waals surface area contributed by atoms with Crippen LogP contribution in [0, 0.1) is 38.8 Å². The number of rotatable bonds is 9.